The Hall–Kier alpha value is -3.05. The maximum atomic E-state index is 13.4. The molecule has 2 N–H and O–H groups in total. The third kappa shape index (κ3) is 6.46. The van der Waals surface area contributed by atoms with E-state index in [1.165, 1.54) is 17.0 Å². The van der Waals surface area contributed by atoms with E-state index < -0.39 is 17.7 Å². The van der Waals surface area contributed by atoms with E-state index in [0.29, 0.717) is 37.6 Å². The number of ether oxygens (including phenoxy) is 1. The summed E-state index contributed by atoms with van der Waals surface area (Å²) in [6.07, 6.45) is -0.237. The summed E-state index contributed by atoms with van der Waals surface area (Å²) >= 11 is 0. The molecule has 1 fully saturated rings. The summed E-state index contributed by atoms with van der Waals surface area (Å²) in [6.45, 7) is 2.48. The average Bonchev–Trinajstić information content (AvgIpc) is 3.22. The minimum atomic E-state index is -0.871. The number of amides is 3. The van der Waals surface area contributed by atoms with Crippen LogP contribution in [0.5, 0.6) is 0 Å². The zero-order chi connectivity index (χ0) is 22.4. The molecule has 1 saturated heterocycles. The molecule has 0 aliphatic carbocycles. The molecule has 31 heavy (non-hydrogen) atoms. The molecule has 0 spiro atoms. The largest absolute Gasteiger partial charge is 0.374 e. The highest BCUT2D eigenvalue weighted by molar-refractivity contribution is 5.91. The molecule has 1 aromatic carbocycles. The van der Waals surface area contributed by atoms with Crippen LogP contribution < -0.4 is 10.6 Å². The Morgan fingerprint density at radius 1 is 1.23 bits per heavy atom. The van der Waals surface area contributed by atoms with Crippen molar-refractivity contribution in [2.24, 2.45) is 0 Å². The number of urea groups is 1. The Bertz CT molecular complexity index is 921. The predicted molar refractivity (Wildman–Crippen MR) is 106 cm³/mol. The fourth-order valence-electron chi connectivity index (χ4n) is 3.11. The van der Waals surface area contributed by atoms with Crippen LogP contribution in [0.25, 0.3) is 0 Å². The van der Waals surface area contributed by atoms with Gasteiger partial charge in [-0.3, -0.25) is 9.69 Å². The van der Waals surface area contributed by atoms with Crippen LogP contribution in [-0.4, -0.2) is 73.3 Å². The first-order chi connectivity index (χ1) is 14.8. The number of nitrogens with one attached hydrogen (secondary N) is 2. The van der Waals surface area contributed by atoms with E-state index in [4.69, 9.17) is 9.26 Å². The molecular formula is C20H25F2N5O4. The molecule has 1 atom stereocenters. The van der Waals surface area contributed by atoms with Gasteiger partial charge < -0.3 is 24.8 Å². The van der Waals surface area contributed by atoms with Crippen LogP contribution in [-0.2, 0) is 17.8 Å². The van der Waals surface area contributed by atoms with Crippen molar-refractivity contribution in [2.75, 3.05) is 40.3 Å². The molecule has 1 aliphatic heterocycles. The van der Waals surface area contributed by atoms with E-state index in [1.807, 2.05) is 0 Å². The predicted octanol–water partition coefficient (Wildman–Crippen LogP) is 1.35. The van der Waals surface area contributed by atoms with Gasteiger partial charge in [-0.15, -0.1) is 0 Å². The lowest BCUT2D eigenvalue weighted by molar-refractivity contribution is -0.0287. The van der Waals surface area contributed by atoms with Crippen LogP contribution in [0.3, 0.4) is 0 Å². The van der Waals surface area contributed by atoms with E-state index in [-0.39, 0.29) is 30.8 Å². The molecular weight excluding hydrogens is 412 g/mol. The van der Waals surface area contributed by atoms with Gasteiger partial charge in [0.25, 0.3) is 5.91 Å². The standard InChI is InChI=1S/C20H25F2N5O4/c1-26(2)19(28)18-8-14(31-25-18)9-23-20(29)24-10-15-12-27(5-6-30-15)11-13-3-4-16(21)17(22)7-13/h3-4,7-8,15H,5-6,9-12H2,1-2H3,(H2,23,24,29)/t15-/m0/s1. The number of carbonyl (C=O) groups is 2. The van der Waals surface area contributed by atoms with E-state index >= 15 is 0 Å². The number of rotatable bonds is 7. The second kappa shape index (κ2) is 10.3. The molecule has 1 aliphatic rings. The lowest BCUT2D eigenvalue weighted by Crippen LogP contribution is -2.48. The lowest BCUT2D eigenvalue weighted by Gasteiger charge is -2.33. The minimum Gasteiger partial charge on any atom is -0.374 e. The number of nitrogens with zero attached hydrogens (tertiary/aromatic N) is 3. The fraction of sp³-hybridized carbons (Fsp3) is 0.450. The highest BCUT2D eigenvalue weighted by atomic mass is 19.2. The van der Waals surface area contributed by atoms with E-state index in [9.17, 15) is 18.4 Å². The van der Waals surface area contributed by atoms with Crippen molar-refractivity contribution in [3.63, 3.8) is 0 Å². The minimum absolute atomic E-state index is 0.0767. The first-order valence-electron chi connectivity index (χ1n) is 9.78. The maximum absolute atomic E-state index is 13.4. The first-order valence-corrected chi connectivity index (χ1v) is 9.78. The number of hydrogen-bond acceptors (Lipinski definition) is 6. The van der Waals surface area contributed by atoms with Gasteiger partial charge in [-0.25, -0.2) is 13.6 Å². The summed E-state index contributed by atoms with van der Waals surface area (Å²) in [4.78, 5) is 27.3. The number of aromatic nitrogens is 1. The first kappa shape index (κ1) is 22.6. The molecule has 11 heteroatoms. The van der Waals surface area contributed by atoms with Crippen molar-refractivity contribution in [3.05, 3.63) is 52.9 Å². The molecule has 9 nitrogen and oxygen atoms in total. The van der Waals surface area contributed by atoms with Gasteiger partial charge in [0, 0.05) is 46.3 Å². The smallest absolute Gasteiger partial charge is 0.315 e. The number of carbonyl (C=O) groups excluding carboxylic acids is 2. The molecule has 0 bridgehead atoms. The van der Waals surface area contributed by atoms with Gasteiger partial charge in [0.2, 0.25) is 0 Å². The van der Waals surface area contributed by atoms with E-state index in [2.05, 4.69) is 20.7 Å². The highest BCUT2D eigenvalue weighted by Crippen LogP contribution is 2.13. The molecule has 1 aromatic heterocycles. The van der Waals surface area contributed by atoms with Crippen LogP contribution in [0.4, 0.5) is 13.6 Å². The SMILES string of the molecule is CN(C)C(=O)c1cc(CNC(=O)NC[C@H]2CN(Cc3ccc(F)c(F)c3)CCO2)on1. The second-order valence-corrected chi connectivity index (χ2v) is 7.42. The quantitative estimate of drug-likeness (QED) is 0.679. The zero-order valence-electron chi connectivity index (χ0n) is 17.4. The lowest BCUT2D eigenvalue weighted by atomic mass is 10.1. The molecule has 2 heterocycles. The van der Waals surface area contributed by atoms with Crippen LogP contribution in [0, 0.1) is 11.6 Å². The Balaban J connectivity index is 1.40. The van der Waals surface area contributed by atoms with Gasteiger partial charge in [-0.05, 0) is 17.7 Å². The molecule has 3 amide bonds. The van der Waals surface area contributed by atoms with Crippen molar-refractivity contribution in [1.82, 2.24) is 25.6 Å². The maximum Gasteiger partial charge on any atom is 0.315 e. The van der Waals surface area contributed by atoms with Crippen LogP contribution >= 0.6 is 0 Å². The average molecular weight is 437 g/mol. The second-order valence-electron chi connectivity index (χ2n) is 7.42. The Morgan fingerprint density at radius 3 is 2.77 bits per heavy atom. The highest BCUT2D eigenvalue weighted by Gasteiger charge is 2.21. The molecule has 0 saturated carbocycles. The van der Waals surface area contributed by atoms with E-state index in [1.54, 1.807) is 20.2 Å². The van der Waals surface area contributed by atoms with Crippen LogP contribution in [0.1, 0.15) is 21.8 Å². The van der Waals surface area contributed by atoms with Crippen molar-refractivity contribution in [1.29, 1.82) is 0 Å². The van der Waals surface area contributed by atoms with E-state index in [0.717, 1.165) is 6.07 Å². The van der Waals surface area contributed by atoms with Gasteiger partial charge in [-0.2, -0.15) is 0 Å². The summed E-state index contributed by atoms with van der Waals surface area (Å²) < 4.78 is 37.2. The zero-order valence-corrected chi connectivity index (χ0v) is 17.4. The third-order valence-corrected chi connectivity index (χ3v) is 4.71. The molecule has 0 unspecified atom stereocenters. The topological polar surface area (TPSA) is 99.9 Å². The van der Waals surface area contributed by atoms with Crippen molar-refractivity contribution in [3.8, 4) is 0 Å². The third-order valence-electron chi connectivity index (χ3n) is 4.71. The number of hydrogen-bond donors (Lipinski definition) is 2. The Kier molecular flexibility index (Phi) is 7.53. The van der Waals surface area contributed by atoms with Gasteiger partial charge >= 0.3 is 6.03 Å². The number of morpholine rings is 1. The Labute approximate surface area is 178 Å². The van der Waals surface area contributed by atoms with Crippen LogP contribution in [0.2, 0.25) is 0 Å². The normalized spacial score (nSPS) is 16.7. The summed E-state index contributed by atoms with van der Waals surface area (Å²) in [5.74, 6) is -1.68. The summed E-state index contributed by atoms with van der Waals surface area (Å²) in [5.41, 5.74) is 0.836. The van der Waals surface area contributed by atoms with Gasteiger partial charge in [0.1, 0.15) is 0 Å². The fourth-order valence-corrected chi connectivity index (χ4v) is 3.11. The molecule has 0 radical (unpaired) electrons. The summed E-state index contributed by atoms with van der Waals surface area (Å²) in [5, 5.41) is 9.03. The summed E-state index contributed by atoms with van der Waals surface area (Å²) in [7, 11) is 3.21. The monoisotopic (exact) mass is 437 g/mol. The molecule has 168 valence electrons. The van der Waals surface area contributed by atoms with Crippen molar-refractivity contribution < 1.29 is 27.6 Å². The van der Waals surface area contributed by atoms with Crippen molar-refractivity contribution >= 4 is 11.9 Å². The number of benzene rings is 1. The summed E-state index contributed by atoms with van der Waals surface area (Å²) in [6, 6.07) is 4.91. The van der Waals surface area contributed by atoms with Gasteiger partial charge in [-0.1, -0.05) is 11.2 Å². The van der Waals surface area contributed by atoms with Gasteiger partial charge in [0.15, 0.2) is 23.1 Å². The molecule has 3 rings (SSSR count). The van der Waals surface area contributed by atoms with Gasteiger partial charge in [0.05, 0.1) is 19.3 Å². The molecule has 2 aromatic rings. The Morgan fingerprint density at radius 2 is 2.03 bits per heavy atom. The van der Waals surface area contributed by atoms with Crippen LogP contribution in [0.15, 0.2) is 28.8 Å². The van der Waals surface area contributed by atoms with Crippen molar-refractivity contribution in [2.45, 2.75) is 19.2 Å². The number of halogens is 2.